The molecule has 0 aliphatic heterocycles. The summed E-state index contributed by atoms with van der Waals surface area (Å²) in [6, 6.07) is 14.1. The van der Waals surface area contributed by atoms with Gasteiger partial charge in [0, 0.05) is 12.5 Å². The average molecular weight is 243 g/mol. The zero-order valence-electron chi connectivity index (χ0n) is 10.2. The van der Waals surface area contributed by atoms with E-state index in [-0.39, 0.29) is 12.5 Å². The number of benzene rings is 2. The lowest BCUT2D eigenvalue weighted by Gasteiger charge is -2.14. The number of carboxylic acids is 1. The standard InChI is InChI=1S/C15H17NO2/c16-14(9-4-10-15(17)18)13-8-3-6-11-5-1-2-7-12(11)13/h1-3,5-8,14H,4,9-10,16H2,(H,17,18). The molecule has 0 fully saturated rings. The molecule has 3 heteroatoms. The molecular formula is C15H17NO2. The molecule has 0 heterocycles. The van der Waals surface area contributed by atoms with Gasteiger partial charge in [-0.3, -0.25) is 4.79 Å². The smallest absolute Gasteiger partial charge is 0.303 e. The molecule has 3 N–H and O–H groups in total. The predicted molar refractivity (Wildman–Crippen MR) is 72.4 cm³/mol. The van der Waals surface area contributed by atoms with Crippen molar-refractivity contribution < 1.29 is 9.90 Å². The summed E-state index contributed by atoms with van der Waals surface area (Å²) in [6.07, 6.45) is 1.48. The third-order valence-electron chi connectivity index (χ3n) is 3.13. The van der Waals surface area contributed by atoms with Crippen LogP contribution in [0.2, 0.25) is 0 Å². The van der Waals surface area contributed by atoms with Crippen LogP contribution in [0.1, 0.15) is 30.9 Å². The van der Waals surface area contributed by atoms with Crippen LogP contribution in [-0.2, 0) is 4.79 Å². The lowest BCUT2D eigenvalue weighted by Crippen LogP contribution is -2.11. The van der Waals surface area contributed by atoms with Crippen LogP contribution < -0.4 is 5.73 Å². The third-order valence-corrected chi connectivity index (χ3v) is 3.13. The second-order valence-electron chi connectivity index (χ2n) is 4.46. The number of hydrogen-bond donors (Lipinski definition) is 2. The molecule has 1 atom stereocenters. The van der Waals surface area contributed by atoms with Crippen LogP contribution in [0.3, 0.4) is 0 Å². The number of nitrogens with two attached hydrogens (primary N) is 1. The normalized spacial score (nSPS) is 12.5. The van der Waals surface area contributed by atoms with Crippen LogP contribution in [-0.4, -0.2) is 11.1 Å². The molecule has 0 saturated heterocycles. The lowest BCUT2D eigenvalue weighted by atomic mass is 9.96. The molecule has 0 saturated carbocycles. The Hall–Kier alpha value is -1.87. The lowest BCUT2D eigenvalue weighted by molar-refractivity contribution is -0.137. The fourth-order valence-corrected chi connectivity index (χ4v) is 2.20. The Balaban J connectivity index is 2.17. The Morgan fingerprint density at radius 3 is 2.67 bits per heavy atom. The molecule has 0 aliphatic carbocycles. The first-order chi connectivity index (χ1) is 8.68. The van der Waals surface area contributed by atoms with Gasteiger partial charge in [0.05, 0.1) is 0 Å². The highest BCUT2D eigenvalue weighted by Crippen LogP contribution is 2.25. The van der Waals surface area contributed by atoms with E-state index in [0.29, 0.717) is 12.8 Å². The Bertz CT molecular complexity index is 546. The van der Waals surface area contributed by atoms with Gasteiger partial charge in [0.25, 0.3) is 0 Å². The molecule has 2 aromatic carbocycles. The van der Waals surface area contributed by atoms with Crippen LogP contribution in [0, 0.1) is 0 Å². The van der Waals surface area contributed by atoms with Crippen molar-refractivity contribution >= 4 is 16.7 Å². The number of aliphatic carboxylic acids is 1. The third kappa shape index (κ3) is 2.87. The zero-order valence-corrected chi connectivity index (χ0v) is 10.2. The van der Waals surface area contributed by atoms with Crippen molar-refractivity contribution in [3.63, 3.8) is 0 Å². The Kier molecular flexibility index (Phi) is 3.95. The van der Waals surface area contributed by atoms with Gasteiger partial charge in [0.2, 0.25) is 0 Å². The Morgan fingerprint density at radius 2 is 1.89 bits per heavy atom. The Morgan fingerprint density at radius 1 is 1.17 bits per heavy atom. The molecule has 0 radical (unpaired) electrons. The summed E-state index contributed by atoms with van der Waals surface area (Å²) >= 11 is 0. The largest absolute Gasteiger partial charge is 0.481 e. The van der Waals surface area contributed by atoms with Crippen molar-refractivity contribution in [2.75, 3.05) is 0 Å². The minimum Gasteiger partial charge on any atom is -0.481 e. The fourth-order valence-electron chi connectivity index (χ4n) is 2.20. The van der Waals surface area contributed by atoms with Gasteiger partial charge in [0.1, 0.15) is 0 Å². The van der Waals surface area contributed by atoms with Crippen LogP contribution in [0.25, 0.3) is 10.8 Å². The first-order valence-corrected chi connectivity index (χ1v) is 6.13. The summed E-state index contributed by atoms with van der Waals surface area (Å²) in [7, 11) is 0. The van der Waals surface area contributed by atoms with Gasteiger partial charge in [0.15, 0.2) is 0 Å². The number of hydrogen-bond acceptors (Lipinski definition) is 2. The van der Waals surface area contributed by atoms with E-state index in [1.807, 2.05) is 24.3 Å². The second-order valence-corrected chi connectivity index (χ2v) is 4.46. The molecule has 2 aromatic rings. The average Bonchev–Trinajstić information content (AvgIpc) is 2.37. The van der Waals surface area contributed by atoms with E-state index in [2.05, 4.69) is 18.2 Å². The van der Waals surface area contributed by atoms with Crippen LogP contribution in [0.4, 0.5) is 0 Å². The van der Waals surface area contributed by atoms with Crippen LogP contribution in [0.5, 0.6) is 0 Å². The molecule has 0 aromatic heterocycles. The van der Waals surface area contributed by atoms with Gasteiger partial charge in [-0.05, 0) is 29.2 Å². The van der Waals surface area contributed by atoms with Crippen molar-refractivity contribution in [1.29, 1.82) is 0 Å². The summed E-state index contributed by atoms with van der Waals surface area (Å²) in [4.78, 5) is 10.5. The highest BCUT2D eigenvalue weighted by Gasteiger charge is 2.10. The van der Waals surface area contributed by atoms with E-state index >= 15 is 0 Å². The van der Waals surface area contributed by atoms with Crippen molar-refractivity contribution in [2.45, 2.75) is 25.3 Å². The first kappa shape index (κ1) is 12.6. The molecule has 94 valence electrons. The summed E-state index contributed by atoms with van der Waals surface area (Å²) < 4.78 is 0. The van der Waals surface area contributed by atoms with Gasteiger partial charge in [-0.1, -0.05) is 42.5 Å². The summed E-state index contributed by atoms with van der Waals surface area (Å²) in [5.41, 5.74) is 7.25. The SMILES string of the molecule is NC(CCCC(=O)O)c1cccc2ccccc12. The molecule has 1 unspecified atom stereocenters. The zero-order chi connectivity index (χ0) is 13.0. The Labute approximate surface area is 106 Å². The van der Waals surface area contributed by atoms with Gasteiger partial charge >= 0.3 is 5.97 Å². The summed E-state index contributed by atoms with van der Waals surface area (Å²) in [5.74, 6) is -0.764. The van der Waals surface area contributed by atoms with Gasteiger partial charge in [-0.2, -0.15) is 0 Å². The van der Waals surface area contributed by atoms with E-state index in [1.165, 1.54) is 5.39 Å². The first-order valence-electron chi connectivity index (χ1n) is 6.13. The highest BCUT2D eigenvalue weighted by atomic mass is 16.4. The minimum atomic E-state index is -0.764. The second kappa shape index (κ2) is 5.65. The maximum Gasteiger partial charge on any atom is 0.303 e. The molecule has 0 bridgehead atoms. The van der Waals surface area contributed by atoms with Crippen molar-refractivity contribution in [2.24, 2.45) is 5.73 Å². The van der Waals surface area contributed by atoms with E-state index in [0.717, 1.165) is 10.9 Å². The molecule has 2 rings (SSSR count). The highest BCUT2D eigenvalue weighted by molar-refractivity contribution is 5.86. The molecular weight excluding hydrogens is 226 g/mol. The van der Waals surface area contributed by atoms with Gasteiger partial charge in [-0.15, -0.1) is 0 Å². The quantitative estimate of drug-likeness (QED) is 0.848. The molecule has 0 aliphatic rings. The van der Waals surface area contributed by atoms with Crippen molar-refractivity contribution in [3.8, 4) is 0 Å². The monoisotopic (exact) mass is 243 g/mol. The van der Waals surface area contributed by atoms with Crippen molar-refractivity contribution in [1.82, 2.24) is 0 Å². The van der Waals surface area contributed by atoms with Crippen LogP contribution >= 0.6 is 0 Å². The number of carboxylic acid groups (broad SMARTS) is 1. The van der Waals surface area contributed by atoms with Gasteiger partial charge in [-0.25, -0.2) is 0 Å². The maximum atomic E-state index is 10.5. The number of rotatable bonds is 5. The summed E-state index contributed by atoms with van der Waals surface area (Å²) in [5, 5.41) is 11.0. The van der Waals surface area contributed by atoms with Crippen LogP contribution in [0.15, 0.2) is 42.5 Å². The molecule has 0 spiro atoms. The van der Waals surface area contributed by atoms with E-state index in [1.54, 1.807) is 0 Å². The van der Waals surface area contributed by atoms with E-state index in [9.17, 15) is 4.79 Å². The maximum absolute atomic E-state index is 10.5. The van der Waals surface area contributed by atoms with Crippen molar-refractivity contribution in [3.05, 3.63) is 48.0 Å². The molecule has 3 nitrogen and oxygen atoms in total. The number of carbonyl (C=O) groups is 1. The molecule has 18 heavy (non-hydrogen) atoms. The number of fused-ring (bicyclic) bond motifs is 1. The predicted octanol–water partition coefficient (Wildman–Crippen LogP) is 3.09. The fraction of sp³-hybridized carbons (Fsp3) is 0.267. The minimum absolute atomic E-state index is 0.101. The molecule has 0 amide bonds. The summed E-state index contributed by atoms with van der Waals surface area (Å²) in [6.45, 7) is 0. The van der Waals surface area contributed by atoms with E-state index in [4.69, 9.17) is 10.8 Å². The topological polar surface area (TPSA) is 63.3 Å². The van der Waals surface area contributed by atoms with E-state index < -0.39 is 5.97 Å². The van der Waals surface area contributed by atoms with Gasteiger partial charge < -0.3 is 10.8 Å².